The van der Waals surface area contributed by atoms with Crippen LogP contribution in [0.3, 0.4) is 0 Å². The fourth-order valence-corrected chi connectivity index (χ4v) is 3.50. The molecule has 1 aromatic carbocycles. The van der Waals surface area contributed by atoms with Crippen molar-refractivity contribution in [1.29, 1.82) is 0 Å². The van der Waals surface area contributed by atoms with Gasteiger partial charge >= 0.3 is 0 Å². The lowest BCUT2D eigenvalue weighted by Crippen LogP contribution is -2.55. The van der Waals surface area contributed by atoms with Gasteiger partial charge in [-0.25, -0.2) is 4.68 Å². The first-order valence-electron chi connectivity index (χ1n) is 9.57. The summed E-state index contributed by atoms with van der Waals surface area (Å²) in [5, 5.41) is 12.6. The Labute approximate surface area is 202 Å². The Bertz CT molecular complexity index is 1060. The molecule has 1 saturated heterocycles. The van der Waals surface area contributed by atoms with Gasteiger partial charge in [0.1, 0.15) is 6.54 Å². The van der Waals surface area contributed by atoms with Gasteiger partial charge in [0.2, 0.25) is 5.91 Å². The van der Waals surface area contributed by atoms with Crippen LogP contribution in [0, 0.1) is 0 Å². The SMILES string of the molecule is CN=C(NCc1cnn(-c2ccc(Cl)cc2)c1)N1CCN(c2cnn(C)c2)C(=O)C1.I. The second-order valence-electron chi connectivity index (χ2n) is 7.01. The summed E-state index contributed by atoms with van der Waals surface area (Å²) in [4.78, 5) is 20.7. The molecule has 0 spiro atoms. The van der Waals surface area contributed by atoms with E-state index in [4.69, 9.17) is 11.6 Å². The molecule has 0 bridgehead atoms. The molecular formula is C20H24ClIN8O. The van der Waals surface area contributed by atoms with Gasteiger partial charge in [0.25, 0.3) is 0 Å². The van der Waals surface area contributed by atoms with Crippen LogP contribution >= 0.6 is 35.6 Å². The quantitative estimate of drug-likeness (QED) is 0.304. The van der Waals surface area contributed by atoms with Crippen LogP contribution in [-0.4, -0.2) is 63.0 Å². The largest absolute Gasteiger partial charge is 0.352 e. The number of aryl methyl sites for hydroxylation is 1. The van der Waals surface area contributed by atoms with Gasteiger partial charge in [0, 0.05) is 56.7 Å². The summed E-state index contributed by atoms with van der Waals surface area (Å²) >= 11 is 5.95. The Morgan fingerprint density at radius 1 is 1.13 bits per heavy atom. The number of aromatic nitrogens is 4. The molecule has 4 rings (SSSR count). The molecule has 1 N–H and O–H groups in total. The van der Waals surface area contributed by atoms with Gasteiger partial charge in [-0.3, -0.25) is 14.5 Å². The number of hydrogen-bond donors (Lipinski definition) is 1. The molecule has 0 aliphatic carbocycles. The van der Waals surface area contributed by atoms with Crippen molar-refractivity contribution < 1.29 is 4.79 Å². The summed E-state index contributed by atoms with van der Waals surface area (Å²) in [5.74, 6) is 0.709. The van der Waals surface area contributed by atoms with Crippen molar-refractivity contribution in [2.45, 2.75) is 6.54 Å². The number of guanidine groups is 1. The highest BCUT2D eigenvalue weighted by atomic mass is 127. The number of benzene rings is 1. The van der Waals surface area contributed by atoms with Gasteiger partial charge in [-0.15, -0.1) is 24.0 Å². The molecule has 0 unspecified atom stereocenters. The number of rotatable bonds is 4. The van der Waals surface area contributed by atoms with Crippen LogP contribution in [0.2, 0.25) is 5.02 Å². The Morgan fingerprint density at radius 2 is 1.90 bits per heavy atom. The second-order valence-corrected chi connectivity index (χ2v) is 7.45. The van der Waals surface area contributed by atoms with E-state index in [1.54, 1.807) is 33.7 Å². The summed E-state index contributed by atoms with van der Waals surface area (Å²) in [6, 6.07) is 7.50. The first-order valence-corrected chi connectivity index (χ1v) is 9.95. The number of aliphatic imine (C=N–C) groups is 1. The molecule has 0 saturated carbocycles. The van der Waals surface area contributed by atoms with Crippen molar-refractivity contribution in [2.24, 2.45) is 12.0 Å². The van der Waals surface area contributed by atoms with Crippen molar-refractivity contribution >= 4 is 53.1 Å². The Kier molecular flexibility index (Phi) is 7.55. The molecule has 31 heavy (non-hydrogen) atoms. The maximum Gasteiger partial charge on any atom is 0.246 e. The van der Waals surface area contributed by atoms with Crippen molar-refractivity contribution in [3.05, 3.63) is 59.6 Å². The maximum absolute atomic E-state index is 12.6. The van der Waals surface area contributed by atoms with Crippen molar-refractivity contribution in [2.75, 3.05) is 31.6 Å². The highest BCUT2D eigenvalue weighted by molar-refractivity contribution is 14.0. The van der Waals surface area contributed by atoms with Gasteiger partial charge in [-0.05, 0) is 24.3 Å². The lowest BCUT2D eigenvalue weighted by Gasteiger charge is -2.35. The van der Waals surface area contributed by atoms with E-state index in [0.717, 1.165) is 16.9 Å². The topological polar surface area (TPSA) is 83.6 Å². The molecule has 11 heteroatoms. The van der Waals surface area contributed by atoms with Crippen molar-refractivity contribution in [3.63, 3.8) is 0 Å². The first kappa shape index (κ1) is 23.1. The summed E-state index contributed by atoms with van der Waals surface area (Å²) in [6.07, 6.45) is 7.31. The third kappa shape index (κ3) is 5.37. The molecule has 0 radical (unpaired) electrons. The number of carbonyl (C=O) groups excluding carboxylic acids is 1. The van der Waals surface area contributed by atoms with E-state index in [1.165, 1.54) is 0 Å². The third-order valence-corrected chi connectivity index (χ3v) is 5.16. The van der Waals surface area contributed by atoms with Crippen LogP contribution in [-0.2, 0) is 18.4 Å². The fraction of sp³-hybridized carbons (Fsp3) is 0.300. The molecule has 1 amide bonds. The van der Waals surface area contributed by atoms with E-state index < -0.39 is 0 Å². The fourth-order valence-electron chi connectivity index (χ4n) is 3.37. The predicted molar refractivity (Wildman–Crippen MR) is 131 cm³/mol. The number of piperazine rings is 1. The Hall–Kier alpha value is -2.60. The van der Waals surface area contributed by atoms with Crippen LogP contribution in [0.4, 0.5) is 5.69 Å². The van der Waals surface area contributed by atoms with Gasteiger partial charge in [-0.2, -0.15) is 10.2 Å². The number of halogens is 2. The van der Waals surface area contributed by atoms with Crippen LogP contribution in [0.25, 0.3) is 5.69 Å². The summed E-state index contributed by atoms with van der Waals surface area (Å²) in [6.45, 7) is 2.08. The molecule has 9 nitrogen and oxygen atoms in total. The maximum atomic E-state index is 12.6. The highest BCUT2D eigenvalue weighted by Gasteiger charge is 2.27. The standard InChI is InChI=1S/C20H23ClN8O.HI/c1-22-20(27-7-8-28(19(30)14-27)18-11-24-26(2)13-18)23-9-15-10-25-29(12-15)17-5-3-16(21)4-6-17;/h3-6,10-13H,7-9,14H2,1-2H3,(H,22,23);1H. The van der Waals surface area contributed by atoms with E-state index in [2.05, 4.69) is 20.5 Å². The molecule has 1 fully saturated rings. The van der Waals surface area contributed by atoms with Crippen LogP contribution in [0.15, 0.2) is 54.0 Å². The average Bonchev–Trinajstić information content (AvgIpc) is 3.38. The molecule has 164 valence electrons. The van der Waals surface area contributed by atoms with E-state index in [9.17, 15) is 4.79 Å². The zero-order chi connectivity index (χ0) is 21.1. The van der Waals surface area contributed by atoms with Gasteiger partial charge in [0.15, 0.2) is 5.96 Å². The lowest BCUT2D eigenvalue weighted by molar-refractivity contribution is -0.120. The number of hydrogen-bond acceptors (Lipinski definition) is 4. The number of amides is 1. The third-order valence-electron chi connectivity index (χ3n) is 4.91. The molecule has 0 atom stereocenters. The molecule has 3 aromatic rings. The number of nitrogens with one attached hydrogen (secondary N) is 1. The number of anilines is 1. The first-order chi connectivity index (χ1) is 14.5. The van der Waals surface area contributed by atoms with Gasteiger partial charge < -0.3 is 15.1 Å². The van der Waals surface area contributed by atoms with Crippen molar-refractivity contribution in [1.82, 2.24) is 29.8 Å². The number of carbonyl (C=O) groups is 1. The van der Waals surface area contributed by atoms with Crippen LogP contribution < -0.4 is 10.2 Å². The zero-order valence-electron chi connectivity index (χ0n) is 17.3. The molecule has 2 aromatic heterocycles. The van der Waals surface area contributed by atoms with Crippen LogP contribution in [0.1, 0.15) is 5.56 Å². The minimum absolute atomic E-state index is 0. The second kappa shape index (κ2) is 10.1. The van der Waals surface area contributed by atoms with E-state index >= 15 is 0 Å². The minimum atomic E-state index is 0. The predicted octanol–water partition coefficient (Wildman–Crippen LogP) is 2.30. The van der Waals surface area contributed by atoms with E-state index in [-0.39, 0.29) is 36.4 Å². The monoisotopic (exact) mass is 554 g/mol. The Balaban J connectivity index is 0.00000272. The average molecular weight is 555 g/mol. The molecular weight excluding hydrogens is 531 g/mol. The summed E-state index contributed by atoms with van der Waals surface area (Å²) in [5.41, 5.74) is 2.76. The Morgan fingerprint density at radius 3 is 2.55 bits per heavy atom. The van der Waals surface area contributed by atoms with E-state index in [0.29, 0.717) is 30.6 Å². The molecule has 3 heterocycles. The number of nitrogens with zero attached hydrogens (tertiary/aromatic N) is 7. The van der Waals surface area contributed by atoms with Gasteiger partial charge in [-0.1, -0.05) is 11.6 Å². The van der Waals surface area contributed by atoms with Crippen molar-refractivity contribution in [3.8, 4) is 5.69 Å². The highest BCUT2D eigenvalue weighted by Crippen LogP contribution is 2.16. The van der Waals surface area contributed by atoms with E-state index in [1.807, 2.05) is 48.6 Å². The summed E-state index contributed by atoms with van der Waals surface area (Å²) < 4.78 is 3.49. The normalized spacial score (nSPS) is 14.5. The smallest absolute Gasteiger partial charge is 0.246 e. The molecule has 1 aliphatic rings. The van der Waals surface area contributed by atoms with Gasteiger partial charge in [0.05, 0.1) is 23.8 Å². The zero-order valence-corrected chi connectivity index (χ0v) is 20.4. The van der Waals surface area contributed by atoms with Crippen LogP contribution in [0.5, 0.6) is 0 Å². The minimum Gasteiger partial charge on any atom is -0.352 e. The molecule has 1 aliphatic heterocycles. The lowest BCUT2D eigenvalue weighted by atomic mass is 10.3. The summed E-state index contributed by atoms with van der Waals surface area (Å²) in [7, 11) is 3.56.